The molecule has 3 saturated heterocycles. The summed E-state index contributed by atoms with van der Waals surface area (Å²) in [7, 11) is 0. The number of aliphatic hydroxyl groups is 1. The number of pyridine rings is 1. The van der Waals surface area contributed by atoms with Crippen molar-refractivity contribution in [2.75, 3.05) is 56.3 Å². The zero-order valence-electron chi connectivity index (χ0n) is 21.0. The smallest absolute Gasteiger partial charge is 0.229 e. The summed E-state index contributed by atoms with van der Waals surface area (Å²) in [5.74, 6) is 0.703. The summed E-state index contributed by atoms with van der Waals surface area (Å²) >= 11 is 6.73. The molecule has 1 spiro atoms. The van der Waals surface area contributed by atoms with Crippen LogP contribution in [0.3, 0.4) is 0 Å². The van der Waals surface area contributed by atoms with Crippen LogP contribution in [0.25, 0.3) is 10.8 Å². The van der Waals surface area contributed by atoms with Crippen molar-refractivity contribution in [1.29, 1.82) is 0 Å². The SMILES string of the molecule is C[C@H]1CN(c2cc3cc(NC(=O)C4CC45CCOCC5)ncc3cc2Cl)CCN1[C@]1(C)COC[C@@H]1O. The van der Waals surface area contributed by atoms with E-state index in [-0.39, 0.29) is 28.8 Å². The van der Waals surface area contributed by atoms with Crippen molar-refractivity contribution in [1.82, 2.24) is 9.88 Å². The maximum absolute atomic E-state index is 12.9. The first-order valence-corrected chi connectivity index (χ1v) is 13.4. The summed E-state index contributed by atoms with van der Waals surface area (Å²) in [6.45, 7) is 9.15. The number of nitrogens with zero attached hydrogens (tertiary/aromatic N) is 3. The summed E-state index contributed by atoms with van der Waals surface area (Å²) in [5, 5.41) is 16.2. The Balaban J connectivity index is 1.18. The van der Waals surface area contributed by atoms with Crippen LogP contribution in [-0.2, 0) is 14.3 Å². The van der Waals surface area contributed by atoms with Crippen molar-refractivity contribution in [3.8, 4) is 0 Å². The maximum atomic E-state index is 12.9. The molecule has 1 amide bonds. The van der Waals surface area contributed by atoms with E-state index in [2.05, 4.69) is 40.0 Å². The molecule has 4 heterocycles. The lowest BCUT2D eigenvalue weighted by Gasteiger charge is -2.49. The third kappa shape index (κ3) is 4.17. The van der Waals surface area contributed by atoms with E-state index in [1.165, 1.54) is 0 Å². The number of rotatable bonds is 4. The number of carbonyl (C=O) groups is 1. The van der Waals surface area contributed by atoms with E-state index in [4.69, 9.17) is 21.1 Å². The van der Waals surface area contributed by atoms with Crippen molar-refractivity contribution in [3.05, 3.63) is 29.4 Å². The van der Waals surface area contributed by atoms with Gasteiger partial charge >= 0.3 is 0 Å². The number of aliphatic hydroxyl groups excluding tert-OH is 1. The van der Waals surface area contributed by atoms with Gasteiger partial charge in [-0.25, -0.2) is 4.98 Å². The number of piperazine rings is 1. The third-order valence-corrected chi connectivity index (χ3v) is 9.35. The number of anilines is 2. The number of aromatic nitrogens is 1. The second-order valence-corrected chi connectivity index (χ2v) is 11.7. The van der Waals surface area contributed by atoms with Gasteiger partial charge in [0.1, 0.15) is 5.82 Å². The topological polar surface area (TPSA) is 87.2 Å². The average molecular weight is 515 g/mol. The highest BCUT2D eigenvalue weighted by molar-refractivity contribution is 6.34. The second-order valence-electron chi connectivity index (χ2n) is 11.3. The predicted octanol–water partition coefficient (Wildman–Crippen LogP) is 3.30. The van der Waals surface area contributed by atoms with Gasteiger partial charge in [-0.05, 0) is 62.1 Å². The fraction of sp³-hybridized carbons (Fsp3) is 0.630. The molecule has 1 unspecified atom stereocenters. The van der Waals surface area contributed by atoms with Gasteiger partial charge in [0.2, 0.25) is 5.91 Å². The quantitative estimate of drug-likeness (QED) is 0.647. The summed E-state index contributed by atoms with van der Waals surface area (Å²) in [6.07, 6.45) is 4.18. The molecule has 194 valence electrons. The number of fused-ring (bicyclic) bond motifs is 1. The molecule has 6 rings (SSSR count). The van der Waals surface area contributed by atoms with Crippen LogP contribution in [0.2, 0.25) is 5.02 Å². The molecule has 1 aliphatic carbocycles. The van der Waals surface area contributed by atoms with Crippen LogP contribution < -0.4 is 10.2 Å². The molecular formula is C27H35ClN4O4. The molecule has 3 aliphatic heterocycles. The first-order chi connectivity index (χ1) is 17.3. The van der Waals surface area contributed by atoms with Gasteiger partial charge in [-0.15, -0.1) is 0 Å². The van der Waals surface area contributed by atoms with Gasteiger partial charge in [0.15, 0.2) is 0 Å². The number of carbonyl (C=O) groups excluding carboxylic acids is 1. The van der Waals surface area contributed by atoms with Gasteiger partial charge in [0.25, 0.3) is 0 Å². The Labute approximate surface area is 216 Å². The minimum atomic E-state index is -0.478. The van der Waals surface area contributed by atoms with E-state index in [1.807, 2.05) is 12.1 Å². The number of hydrogen-bond acceptors (Lipinski definition) is 7. The Morgan fingerprint density at radius 2 is 2.00 bits per heavy atom. The standard InChI is InChI=1S/C27H35ClN4O4/c1-17-14-31(5-6-32(17)26(2)16-36-15-23(26)33)22-10-18-11-24(29-13-19(18)9-21(22)28)30-25(34)20-12-27(20)3-7-35-8-4-27/h9-11,13,17,20,23,33H,3-8,12,14-16H2,1-2H3,(H,29,30,34)/t17-,20?,23-,26+/m0/s1. The molecule has 1 aromatic carbocycles. The van der Waals surface area contributed by atoms with Gasteiger partial charge in [0.05, 0.1) is 35.6 Å². The molecular weight excluding hydrogens is 480 g/mol. The lowest BCUT2D eigenvalue weighted by molar-refractivity contribution is -0.118. The number of ether oxygens (including phenoxy) is 2. The monoisotopic (exact) mass is 514 g/mol. The van der Waals surface area contributed by atoms with Crippen LogP contribution in [0.5, 0.6) is 0 Å². The van der Waals surface area contributed by atoms with Gasteiger partial charge in [-0.2, -0.15) is 0 Å². The Morgan fingerprint density at radius 1 is 1.19 bits per heavy atom. The zero-order chi connectivity index (χ0) is 25.1. The summed E-state index contributed by atoms with van der Waals surface area (Å²) in [5.41, 5.74) is 0.759. The third-order valence-electron chi connectivity index (χ3n) is 9.05. The molecule has 36 heavy (non-hydrogen) atoms. The van der Waals surface area contributed by atoms with Crippen LogP contribution in [0.1, 0.15) is 33.1 Å². The predicted molar refractivity (Wildman–Crippen MR) is 140 cm³/mol. The van der Waals surface area contributed by atoms with Gasteiger partial charge in [0, 0.05) is 56.4 Å². The van der Waals surface area contributed by atoms with Crippen LogP contribution >= 0.6 is 11.6 Å². The average Bonchev–Trinajstić information content (AvgIpc) is 3.44. The van der Waals surface area contributed by atoms with Crippen LogP contribution in [-0.4, -0.2) is 84.6 Å². The molecule has 0 bridgehead atoms. The first kappa shape index (κ1) is 24.4. The minimum absolute atomic E-state index is 0.0584. The molecule has 2 N–H and O–H groups in total. The van der Waals surface area contributed by atoms with E-state index in [9.17, 15) is 9.90 Å². The number of hydrogen-bond donors (Lipinski definition) is 2. The minimum Gasteiger partial charge on any atom is -0.389 e. The lowest BCUT2D eigenvalue weighted by Crippen LogP contribution is -2.64. The summed E-state index contributed by atoms with van der Waals surface area (Å²) in [6, 6.07) is 6.23. The Hall–Kier alpha value is -1.97. The van der Waals surface area contributed by atoms with E-state index >= 15 is 0 Å². The molecule has 1 saturated carbocycles. The zero-order valence-corrected chi connectivity index (χ0v) is 21.8. The first-order valence-electron chi connectivity index (χ1n) is 13.0. The summed E-state index contributed by atoms with van der Waals surface area (Å²) in [4.78, 5) is 22.1. The van der Waals surface area contributed by atoms with E-state index in [0.29, 0.717) is 24.1 Å². The number of benzene rings is 1. The second kappa shape index (κ2) is 9.10. The number of nitrogens with one attached hydrogen (secondary N) is 1. The van der Waals surface area contributed by atoms with Crippen LogP contribution in [0.4, 0.5) is 11.5 Å². The van der Waals surface area contributed by atoms with Crippen molar-refractivity contribution in [2.24, 2.45) is 11.3 Å². The van der Waals surface area contributed by atoms with Crippen molar-refractivity contribution >= 4 is 39.8 Å². The Bertz CT molecular complexity index is 1170. The lowest BCUT2D eigenvalue weighted by atomic mass is 9.92. The molecule has 4 aliphatic rings. The molecule has 8 nitrogen and oxygen atoms in total. The molecule has 4 atom stereocenters. The fourth-order valence-electron chi connectivity index (χ4n) is 6.59. The molecule has 9 heteroatoms. The van der Waals surface area contributed by atoms with Crippen molar-refractivity contribution in [3.63, 3.8) is 0 Å². The van der Waals surface area contributed by atoms with Gasteiger partial charge in [-0.3, -0.25) is 9.69 Å². The van der Waals surface area contributed by atoms with Crippen LogP contribution in [0.15, 0.2) is 24.4 Å². The highest BCUT2D eigenvalue weighted by Crippen LogP contribution is 2.59. The van der Waals surface area contributed by atoms with E-state index in [0.717, 1.165) is 68.6 Å². The van der Waals surface area contributed by atoms with Crippen molar-refractivity contribution < 1.29 is 19.4 Å². The molecule has 2 aromatic rings. The number of halogens is 1. The Kier molecular flexibility index (Phi) is 6.16. The van der Waals surface area contributed by atoms with E-state index in [1.54, 1.807) is 6.20 Å². The molecule has 4 fully saturated rings. The fourth-order valence-corrected chi connectivity index (χ4v) is 6.88. The van der Waals surface area contributed by atoms with Crippen LogP contribution in [0, 0.1) is 11.3 Å². The van der Waals surface area contributed by atoms with Crippen molar-refractivity contribution in [2.45, 2.75) is 50.8 Å². The Morgan fingerprint density at radius 3 is 2.72 bits per heavy atom. The molecule has 1 aromatic heterocycles. The normalized spacial score (nSPS) is 32.2. The maximum Gasteiger partial charge on any atom is 0.229 e. The highest BCUT2D eigenvalue weighted by atomic mass is 35.5. The van der Waals surface area contributed by atoms with Gasteiger partial charge in [-0.1, -0.05) is 11.6 Å². The molecule has 0 radical (unpaired) electrons. The van der Waals surface area contributed by atoms with E-state index < -0.39 is 6.10 Å². The number of amides is 1. The highest BCUT2D eigenvalue weighted by Gasteiger charge is 2.58. The van der Waals surface area contributed by atoms with Gasteiger partial charge < -0.3 is 24.8 Å². The largest absolute Gasteiger partial charge is 0.389 e. The summed E-state index contributed by atoms with van der Waals surface area (Å²) < 4.78 is 11.1.